The number of fused-ring (bicyclic) bond motifs is 1. The number of nitrogens with one attached hydrogen (secondary N) is 1. The fourth-order valence-corrected chi connectivity index (χ4v) is 2.91. The van der Waals surface area contributed by atoms with Gasteiger partial charge in [-0.2, -0.15) is 0 Å². The van der Waals surface area contributed by atoms with Gasteiger partial charge in [-0.25, -0.2) is 15.0 Å². The number of rotatable bonds is 4. The summed E-state index contributed by atoms with van der Waals surface area (Å²) in [4.78, 5) is 18.0. The van der Waals surface area contributed by atoms with Crippen molar-refractivity contribution in [3.63, 3.8) is 0 Å². The molecule has 2 aromatic rings. The number of ether oxygens (including phenoxy) is 1. The highest BCUT2D eigenvalue weighted by molar-refractivity contribution is 7.99. The minimum absolute atomic E-state index is 0.735. The Morgan fingerprint density at radius 2 is 2.17 bits per heavy atom. The van der Waals surface area contributed by atoms with Crippen molar-refractivity contribution in [2.45, 2.75) is 5.03 Å². The maximum Gasteiger partial charge on any atom is 0.181 e. The van der Waals surface area contributed by atoms with Crippen LogP contribution in [0.1, 0.15) is 0 Å². The minimum Gasteiger partial charge on any atom is -0.379 e. The van der Waals surface area contributed by atoms with Gasteiger partial charge < -0.3 is 9.72 Å². The van der Waals surface area contributed by atoms with Crippen LogP contribution in [-0.4, -0.2) is 63.4 Å². The van der Waals surface area contributed by atoms with Crippen molar-refractivity contribution in [1.82, 2.24) is 24.8 Å². The van der Waals surface area contributed by atoms with Crippen molar-refractivity contribution in [2.75, 3.05) is 38.6 Å². The Labute approximate surface area is 109 Å². The summed E-state index contributed by atoms with van der Waals surface area (Å²) in [7, 11) is 0. The first-order valence-corrected chi connectivity index (χ1v) is 6.99. The van der Waals surface area contributed by atoms with Crippen LogP contribution in [-0.2, 0) is 4.74 Å². The van der Waals surface area contributed by atoms with E-state index < -0.39 is 0 Å². The summed E-state index contributed by atoms with van der Waals surface area (Å²) in [5, 5.41) is 0.978. The molecule has 1 N–H and O–H groups in total. The van der Waals surface area contributed by atoms with Crippen molar-refractivity contribution < 1.29 is 4.74 Å². The third-order valence-corrected chi connectivity index (χ3v) is 3.91. The summed E-state index contributed by atoms with van der Waals surface area (Å²) in [6.45, 7) is 4.83. The van der Waals surface area contributed by atoms with Crippen LogP contribution in [0.4, 0.5) is 0 Å². The Kier molecular flexibility index (Phi) is 3.72. The highest BCUT2D eigenvalue weighted by Crippen LogP contribution is 2.21. The molecule has 1 fully saturated rings. The first-order valence-electron chi connectivity index (χ1n) is 6.00. The van der Waals surface area contributed by atoms with E-state index in [1.807, 2.05) is 0 Å². The van der Waals surface area contributed by atoms with E-state index in [0.717, 1.165) is 54.8 Å². The fourth-order valence-electron chi connectivity index (χ4n) is 1.95. The highest BCUT2D eigenvalue weighted by Gasteiger charge is 2.11. The Morgan fingerprint density at radius 1 is 1.28 bits per heavy atom. The van der Waals surface area contributed by atoms with E-state index in [4.69, 9.17) is 4.74 Å². The van der Waals surface area contributed by atoms with Gasteiger partial charge in [-0.3, -0.25) is 4.90 Å². The first kappa shape index (κ1) is 11.9. The maximum atomic E-state index is 5.33. The third-order valence-electron chi connectivity index (χ3n) is 2.94. The average Bonchev–Trinajstić information content (AvgIpc) is 2.89. The molecule has 96 valence electrons. The van der Waals surface area contributed by atoms with Gasteiger partial charge in [0.05, 0.1) is 19.5 Å². The van der Waals surface area contributed by atoms with Gasteiger partial charge in [0, 0.05) is 25.4 Å². The van der Waals surface area contributed by atoms with Crippen molar-refractivity contribution >= 4 is 22.9 Å². The Balaban J connectivity index is 1.57. The number of morpholine rings is 1. The second-order valence-corrected chi connectivity index (χ2v) is 5.17. The zero-order valence-corrected chi connectivity index (χ0v) is 10.8. The third kappa shape index (κ3) is 2.63. The van der Waals surface area contributed by atoms with Crippen molar-refractivity contribution in [3.05, 3.63) is 12.7 Å². The van der Waals surface area contributed by atoms with Crippen LogP contribution in [0.25, 0.3) is 11.2 Å². The monoisotopic (exact) mass is 265 g/mol. The standard InChI is InChI=1S/C11H15N5OS/c1-4-17-5-2-16(1)3-6-18-11-9-10(13-7-12-9)14-8-15-11/h7-8H,1-6H2,(H,12,13,14,15). The largest absolute Gasteiger partial charge is 0.379 e. The van der Waals surface area contributed by atoms with E-state index in [-0.39, 0.29) is 0 Å². The molecule has 0 amide bonds. The lowest BCUT2D eigenvalue weighted by Gasteiger charge is -2.26. The molecular formula is C11H15N5OS. The SMILES string of the molecule is c1nc(SCCN2CCOCC2)c2[nH]cnc2n1. The van der Waals surface area contributed by atoms with Gasteiger partial charge in [0.1, 0.15) is 16.9 Å². The zero-order chi connectivity index (χ0) is 12.2. The van der Waals surface area contributed by atoms with Crippen LogP contribution in [0.3, 0.4) is 0 Å². The average molecular weight is 265 g/mol. The number of aromatic amines is 1. The summed E-state index contributed by atoms with van der Waals surface area (Å²) >= 11 is 1.74. The van der Waals surface area contributed by atoms with E-state index >= 15 is 0 Å². The van der Waals surface area contributed by atoms with Crippen LogP contribution >= 0.6 is 11.8 Å². The number of thioether (sulfide) groups is 1. The van der Waals surface area contributed by atoms with E-state index in [2.05, 4.69) is 24.8 Å². The number of hydrogen-bond donors (Lipinski definition) is 1. The van der Waals surface area contributed by atoms with E-state index in [1.54, 1.807) is 24.4 Å². The summed E-state index contributed by atoms with van der Waals surface area (Å²) in [6.07, 6.45) is 3.23. The molecule has 0 saturated carbocycles. The number of H-pyrrole nitrogens is 1. The predicted octanol–water partition coefficient (Wildman–Crippen LogP) is 0.777. The van der Waals surface area contributed by atoms with Crippen molar-refractivity contribution in [3.8, 4) is 0 Å². The van der Waals surface area contributed by atoms with Gasteiger partial charge >= 0.3 is 0 Å². The quantitative estimate of drug-likeness (QED) is 0.651. The van der Waals surface area contributed by atoms with E-state index in [9.17, 15) is 0 Å². The van der Waals surface area contributed by atoms with Gasteiger partial charge in [0.2, 0.25) is 0 Å². The number of aromatic nitrogens is 4. The Bertz CT molecular complexity index is 511. The summed E-state index contributed by atoms with van der Waals surface area (Å²) in [5.41, 5.74) is 1.67. The molecule has 18 heavy (non-hydrogen) atoms. The second-order valence-electron chi connectivity index (χ2n) is 4.08. The molecule has 1 aliphatic rings. The lowest BCUT2D eigenvalue weighted by molar-refractivity contribution is 0.0410. The molecule has 3 heterocycles. The summed E-state index contributed by atoms with van der Waals surface area (Å²) in [5.74, 6) is 1.02. The number of hydrogen-bond acceptors (Lipinski definition) is 6. The van der Waals surface area contributed by atoms with E-state index in [0.29, 0.717) is 0 Å². The van der Waals surface area contributed by atoms with Crippen LogP contribution in [0.2, 0.25) is 0 Å². The Morgan fingerprint density at radius 3 is 3.06 bits per heavy atom. The molecule has 3 rings (SSSR count). The van der Waals surface area contributed by atoms with Gasteiger partial charge in [0.25, 0.3) is 0 Å². The Hall–Kier alpha value is -1.18. The highest BCUT2D eigenvalue weighted by atomic mass is 32.2. The first-order chi connectivity index (χ1) is 8.93. The number of imidazole rings is 1. The molecule has 0 unspecified atom stereocenters. The molecule has 0 radical (unpaired) electrons. The summed E-state index contributed by atoms with van der Waals surface area (Å²) < 4.78 is 5.33. The van der Waals surface area contributed by atoms with E-state index in [1.165, 1.54) is 0 Å². The van der Waals surface area contributed by atoms with Crippen molar-refractivity contribution in [2.24, 2.45) is 0 Å². The molecule has 1 aliphatic heterocycles. The molecule has 0 bridgehead atoms. The van der Waals surface area contributed by atoms with Gasteiger partial charge in [-0.05, 0) is 0 Å². The van der Waals surface area contributed by atoms with Crippen molar-refractivity contribution in [1.29, 1.82) is 0 Å². The second kappa shape index (κ2) is 5.64. The lowest BCUT2D eigenvalue weighted by Crippen LogP contribution is -2.37. The minimum atomic E-state index is 0.735. The van der Waals surface area contributed by atoms with Gasteiger partial charge in [-0.15, -0.1) is 11.8 Å². The number of nitrogens with zero attached hydrogens (tertiary/aromatic N) is 4. The predicted molar refractivity (Wildman–Crippen MR) is 69.7 cm³/mol. The molecule has 0 spiro atoms. The molecular weight excluding hydrogens is 250 g/mol. The molecule has 0 atom stereocenters. The smallest absolute Gasteiger partial charge is 0.181 e. The molecule has 0 aliphatic carbocycles. The van der Waals surface area contributed by atoms with Crippen LogP contribution < -0.4 is 0 Å². The molecule has 7 heteroatoms. The zero-order valence-electron chi connectivity index (χ0n) is 10.0. The molecule has 2 aromatic heterocycles. The van der Waals surface area contributed by atoms with Crippen LogP contribution in [0.15, 0.2) is 17.7 Å². The maximum absolute atomic E-state index is 5.33. The van der Waals surface area contributed by atoms with Crippen LogP contribution in [0, 0.1) is 0 Å². The molecule has 6 nitrogen and oxygen atoms in total. The fraction of sp³-hybridized carbons (Fsp3) is 0.545. The van der Waals surface area contributed by atoms with Crippen LogP contribution in [0.5, 0.6) is 0 Å². The molecule has 1 saturated heterocycles. The van der Waals surface area contributed by atoms with Gasteiger partial charge in [-0.1, -0.05) is 0 Å². The molecule has 0 aromatic carbocycles. The van der Waals surface area contributed by atoms with Gasteiger partial charge in [0.15, 0.2) is 5.65 Å². The topological polar surface area (TPSA) is 66.9 Å². The normalized spacial score (nSPS) is 17.3. The summed E-state index contributed by atoms with van der Waals surface area (Å²) in [6, 6.07) is 0. The lowest BCUT2D eigenvalue weighted by atomic mass is 10.4.